The second-order valence-corrected chi connectivity index (χ2v) is 9.16. The van der Waals surface area contributed by atoms with Gasteiger partial charge < -0.3 is 9.64 Å². The van der Waals surface area contributed by atoms with E-state index in [0.717, 1.165) is 49.9 Å². The summed E-state index contributed by atoms with van der Waals surface area (Å²) in [5.41, 5.74) is 2.26. The maximum Gasteiger partial charge on any atom is 0.224 e. The number of ether oxygens (including phenoxy) is 1. The van der Waals surface area contributed by atoms with Crippen molar-refractivity contribution in [1.29, 1.82) is 0 Å². The number of methoxy groups -OCH3 is 1. The van der Waals surface area contributed by atoms with Crippen molar-refractivity contribution in [2.24, 2.45) is 0 Å². The molecule has 1 fully saturated rings. The van der Waals surface area contributed by atoms with E-state index in [-0.39, 0.29) is 5.91 Å². The molecule has 0 bridgehead atoms. The molecule has 7 nitrogen and oxygen atoms in total. The molecule has 1 aliphatic rings. The van der Waals surface area contributed by atoms with Gasteiger partial charge in [-0.05, 0) is 52.8 Å². The monoisotopic (exact) mass is 487 g/mol. The summed E-state index contributed by atoms with van der Waals surface area (Å²) >= 11 is 5.43. The predicted octanol–water partition coefficient (Wildman–Crippen LogP) is 4.50. The number of nitrogens with zero attached hydrogens (tertiary/aromatic N) is 4. The third-order valence-corrected chi connectivity index (χ3v) is 6.97. The SMILES string of the molecule is COc1ccc(-c2n[nH]c(=S)n2CCC(=O)N2CCN(Cc3cccc4ccccc34)CC2)cc1. The van der Waals surface area contributed by atoms with E-state index in [9.17, 15) is 4.79 Å². The lowest BCUT2D eigenvalue weighted by Crippen LogP contribution is -2.48. The molecule has 180 valence electrons. The van der Waals surface area contributed by atoms with Crippen LogP contribution in [0.4, 0.5) is 0 Å². The van der Waals surface area contributed by atoms with Gasteiger partial charge >= 0.3 is 0 Å². The van der Waals surface area contributed by atoms with Gasteiger partial charge in [0.05, 0.1) is 7.11 Å². The second kappa shape index (κ2) is 10.4. The summed E-state index contributed by atoms with van der Waals surface area (Å²) in [6.07, 6.45) is 0.389. The highest BCUT2D eigenvalue weighted by atomic mass is 32.1. The molecule has 1 aliphatic heterocycles. The minimum absolute atomic E-state index is 0.151. The molecule has 3 aromatic carbocycles. The molecular formula is C27H29N5O2S. The maximum atomic E-state index is 13.0. The van der Waals surface area contributed by atoms with Crippen LogP contribution in [-0.4, -0.2) is 63.8 Å². The number of fused-ring (bicyclic) bond motifs is 1. The van der Waals surface area contributed by atoms with Gasteiger partial charge in [-0.1, -0.05) is 42.5 Å². The topological polar surface area (TPSA) is 66.4 Å². The number of hydrogen-bond donors (Lipinski definition) is 1. The molecule has 1 amide bonds. The van der Waals surface area contributed by atoms with Crippen LogP contribution in [0.3, 0.4) is 0 Å². The fourth-order valence-corrected chi connectivity index (χ4v) is 4.90. The minimum Gasteiger partial charge on any atom is -0.497 e. The zero-order valence-corrected chi connectivity index (χ0v) is 20.6. The number of aromatic nitrogens is 3. The van der Waals surface area contributed by atoms with E-state index in [1.54, 1.807) is 7.11 Å². The molecule has 0 radical (unpaired) electrons. The van der Waals surface area contributed by atoms with Gasteiger partial charge in [0.15, 0.2) is 10.6 Å². The van der Waals surface area contributed by atoms with Crippen LogP contribution in [0.15, 0.2) is 66.7 Å². The van der Waals surface area contributed by atoms with Crippen LogP contribution in [0.25, 0.3) is 22.2 Å². The molecule has 0 unspecified atom stereocenters. The average Bonchev–Trinajstić information content (AvgIpc) is 3.28. The van der Waals surface area contributed by atoms with Crippen molar-refractivity contribution in [3.05, 3.63) is 77.1 Å². The van der Waals surface area contributed by atoms with Gasteiger partial charge in [-0.2, -0.15) is 5.10 Å². The van der Waals surface area contributed by atoms with Crippen molar-refractivity contribution in [3.8, 4) is 17.1 Å². The highest BCUT2D eigenvalue weighted by molar-refractivity contribution is 7.71. The summed E-state index contributed by atoms with van der Waals surface area (Å²) in [5, 5.41) is 9.81. The van der Waals surface area contributed by atoms with Crippen molar-refractivity contribution in [3.63, 3.8) is 0 Å². The number of carbonyl (C=O) groups is 1. The zero-order chi connectivity index (χ0) is 24.2. The molecule has 5 rings (SSSR count). The van der Waals surface area contributed by atoms with Crippen LogP contribution in [0, 0.1) is 4.77 Å². The second-order valence-electron chi connectivity index (χ2n) is 8.78. The molecule has 0 saturated carbocycles. The Hall–Kier alpha value is -3.49. The first-order valence-electron chi connectivity index (χ1n) is 11.9. The number of benzene rings is 3. The largest absolute Gasteiger partial charge is 0.497 e. The lowest BCUT2D eigenvalue weighted by atomic mass is 10.0. The summed E-state index contributed by atoms with van der Waals surface area (Å²) < 4.78 is 7.65. The summed E-state index contributed by atoms with van der Waals surface area (Å²) in [4.78, 5) is 17.4. The van der Waals surface area contributed by atoms with Gasteiger partial charge in [-0.3, -0.25) is 19.4 Å². The molecule has 0 spiro atoms. The first-order chi connectivity index (χ1) is 17.1. The van der Waals surface area contributed by atoms with E-state index in [2.05, 4.69) is 57.6 Å². The van der Waals surface area contributed by atoms with Crippen molar-refractivity contribution in [1.82, 2.24) is 24.6 Å². The first kappa shape index (κ1) is 23.3. The summed E-state index contributed by atoms with van der Waals surface area (Å²) in [6, 6.07) is 22.7. The lowest BCUT2D eigenvalue weighted by molar-refractivity contribution is -0.133. The maximum absolute atomic E-state index is 13.0. The standard InChI is InChI=1S/C27H29N5O2S/c1-34-23-11-9-21(10-12-23)26-28-29-27(35)32(26)14-13-25(33)31-17-15-30(16-18-31)19-22-7-4-6-20-5-2-3-8-24(20)22/h2-12H,13-19H2,1H3,(H,29,35). The Morgan fingerprint density at radius 1 is 1.00 bits per heavy atom. The van der Waals surface area contributed by atoms with E-state index in [0.29, 0.717) is 17.7 Å². The number of aromatic amines is 1. The molecular weight excluding hydrogens is 458 g/mol. The number of H-pyrrole nitrogens is 1. The Morgan fingerprint density at radius 2 is 1.74 bits per heavy atom. The smallest absolute Gasteiger partial charge is 0.224 e. The summed E-state index contributed by atoms with van der Waals surface area (Å²) in [5.74, 6) is 1.66. The van der Waals surface area contributed by atoms with Crippen LogP contribution < -0.4 is 4.74 Å². The van der Waals surface area contributed by atoms with Crippen molar-refractivity contribution >= 4 is 28.9 Å². The number of piperazine rings is 1. The van der Waals surface area contributed by atoms with Crippen molar-refractivity contribution < 1.29 is 9.53 Å². The number of nitrogens with one attached hydrogen (secondary N) is 1. The molecule has 8 heteroatoms. The van der Waals surface area contributed by atoms with Gasteiger partial charge in [0.2, 0.25) is 5.91 Å². The molecule has 2 heterocycles. The van der Waals surface area contributed by atoms with E-state index in [1.807, 2.05) is 33.7 Å². The third-order valence-electron chi connectivity index (χ3n) is 6.65. The van der Waals surface area contributed by atoms with Crippen molar-refractivity contribution in [2.75, 3.05) is 33.3 Å². The highest BCUT2D eigenvalue weighted by Crippen LogP contribution is 2.22. The van der Waals surface area contributed by atoms with Crippen molar-refractivity contribution in [2.45, 2.75) is 19.5 Å². The van der Waals surface area contributed by atoms with Gasteiger partial charge in [-0.25, -0.2) is 0 Å². The Bertz CT molecular complexity index is 1370. The van der Waals surface area contributed by atoms with Gasteiger partial charge in [0.25, 0.3) is 0 Å². The van der Waals surface area contributed by atoms with Gasteiger partial charge in [0.1, 0.15) is 5.75 Å². The molecule has 1 saturated heterocycles. The fourth-order valence-electron chi connectivity index (χ4n) is 4.68. The average molecular weight is 488 g/mol. The van der Waals surface area contributed by atoms with Crippen LogP contribution in [-0.2, 0) is 17.9 Å². The Balaban J connectivity index is 1.17. The number of hydrogen-bond acceptors (Lipinski definition) is 5. The third kappa shape index (κ3) is 5.13. The summed E-state index contributed by atoms with van der Waals surface area (Å²) in [7, 11) is 1.64. The van der Waals surface area contributed by atoms with Crippen LogP contribution in [0.1, 0.15) is 12.0 Å². The Morgan fingerprint density at radius 3 is 2.51 bits per heavy atom. The molecule has 35 heavy (non-hydrogen) atoms. The highest BCUT2D eigenvalue weighted by Gasteiger charge is 2.22. The number of amides is 1. The molecule has 1 aromatic heterocycles. The number of rotatable bonds is 7. The number of carbonyl (C=O) groups excluding carboxylic acids is 1. The quantitative estimate of drug-likeness (QED) is 0.389. The fraction of sp³-hybridized carbons (Fsp3) is 0.296. The van der Waals surface area contributed by atoms with E-state index < -0.39 is 0 Å². The Kier molecular flexibility index (Phi) is 6.92. The molecule has 0 aliphatic carbocycles. The van der Waals surface area contributed by atoms with Gasteiger partial charge in [0, 0.05) is 51.3 Å². The predicted molar refractivity (Wildman–Crippen MR) is 140 cm³/mol. The minimum atomic E-state index is 0.151. The van der Waals surface area contributed by atoms with E-state index >= 15 is 0 Å². The zero-order valence-electron chi connectivity index (χ0n) is 19.8. The molecule has 4 aromatic rings. The summed E-state index contributed by atoms with van der Waals surface area (Å²) in [6.45, 7) is 4.62. The van der Waals surface area contributed by atoms with E-state index in [1.165, 1.54) is 16.3 Å². The van der Waals surface area contributed by atoms with Crippen LogP contribution in [0.2, 0.25) is 0 Å². The van der Waals surface area contributed by atoms with Gasteiger partial charge in [-0.15, -0.1) is 0 Å². The first-order valence-corrected chi connectivity index (χ1v) is 12.3. The van der Waals surface area contributed by atoms with Crippen LogP contribution >= 0.6 is 12.2 Å². The van der Waals surface area contributed by atoms with E-state index in [4.69, 9.17) is 17.0 Å². The normalized spacial score (nSPS) is 14.4. The van der Waals surface area contributed by atoms with Crippen LogP contribution in [0.5, 0.6) is 5.75 Å². The molecule has 0 atom stereocenters. The Labute approximate surface area is 209 Å². The lowest BCUT2D eigenvalue weighted by Gasteiger charge is -2.35. The molecule has 1 N–H and O–H groups in total.